The number of unbranched alkanes of at least 4 members (excludes halogenated alkanes) is 1. The maximum absolute atomic E-state index is 5.51. The van der Waals surface area contributed by atoms with Crippen LogP contribution in [0.1, 0.15) is 25.3 Å². The van der Waals surface area contributed by atoms with E-state index >= 15 is 0 Å². The highest BCUT2D eigenvalue weighted by Gasteiger charge is 2.24. The van der Waals surface area contributed by atoms with Crippen LogP contribution in [0.15, 0.2) is 182 Å². The van der Waals surface area contributed by atoms with Gasteiger partial charge < -0.3 is 4.57 Å². The second-order valence-corrected chi connectivity index (χ2v) is 16.9. The standard InChI is InChI=1S/C55H39N5S/c1-2-3-16-35-29-32-49-46(33-35)44-25-15-26-45(52(44)61-49)54-56-53(37-19-8-5-9-20-37)57-55(58-54)60-48-28-13-11-24-41(48)43-31-30-42-40-23-10-12-27-47(40)59(50(42)51(43)60)39-22-14-21-38(34-39)36-17-6-4-7-18-36/h4-15,17-34H,2-3,16H2,1H3. The van der Waals surface area contributed by atoms with E-state index in [0.29, 0.717) is 17.6 Å². The lowest BCUT2D eigenvalue weighted by atomic mass is 10.0. The molecule has 0 amide bonds. The molecule has 12 rings (SSSR count). The molecule has 0 atom stereocenters. The molecule has 0 radical (unpaired) electrons. The van der Waals surface area contributed by atoms with E-state index in [1.54, 1.807) is 0 Å². The number of benzene rings is 8. The minimum Gasteiger partial charge on any atom is -0.307 e. The fourth-order valence-corrected chi connectivity index (χ4v) is 10.5. The molecule has 5 nitrogen and oxygen atoms in total. The first kappa shape index (κ1) is 35.5. The quantitative estimate of drug-likeness (QED) is 0.154. The number of nitrogens with zero attached hydrogens (tertiary/aromatic N) is 5. The number of aryl methyl sites for hydroxylation is 1. The molecule has 12 aromatic rings. The van der Waals surface area contributed by atoms with Gasteiger partial charge in [0.1, 0.15) is 0 Å². The Kier molecular flexibility index (Phi) is 8.39. The highest BCUT2D eigenvalue weighted by Crippen LogP contribution is 2.43. The summed E-state index contributed by atoms with van der Waals surface area (Å²) in [5, 5.41) is 7.17. The van der Waals surface area contributed by atoms with Gasteiger partial charge in [0, 0.05) is 58.5 Å². The summed E-state index contributed by atoms with van der Waals surface area (Å²) in [6.45, 7) is 2.25. The summed E-state index contributed by atoms with van der Waals surface area (Å²) in [4.78, 5) is 16.2. The van der Waals surface area contributed by atoms with Crippen LogP contribution in [0.25, 0.3) is 109 Å². The zero-order valence-corrected chi connectivity index (χ0v) is 34.4. The van der Waals surface area contributed by atoms with Gasteiger partial charge in [0.2, 0.25) is 5.95 Å². The molecule has 290 valence electrons. The Hall–Kier alpha value is -7.41. The molecule has 0 saturated heterocycles. The maximum atomic E-state index is 5.51. The number of rotatable bonds is 8. The van der Waals surface area contributed by atoms with E-state index < -0.39 is 0 Å². The van der Waals surface area contributed by atoms with Crippen molar-refractivity contribution in [2.75, 3.05) is 0 Å². The van der Waals surface area contributed by atoms with Crippen LogP contribution in [-0.2, 0) is 6.42 Å². The van der Waals surface area contributed by atoms with Crippen molar-refractivity contribution in [3.63, 3.8) is 0 Å². The summed E-state index contributed by atoms with van der Waals surface area (Å²) in [7, 11) is 0. The summed E-state index contributed by atoms with van der Waals surface area (Å²) < 4.78 is 7.17. The van der Waals surface area contributed by atoms with E-state index in [-0.39, 0.29) is 0 Å². The molecule has 0 N–H and O–H groups in total. The third kappa shape index (κ3) is 5.78. The molecule has 4 aromatic heterocycles. The monoisotopic (exact) mass is 801 g/mol. The van der Waals surface area contributed by atoms with Crippen molar-refractivity contribution >= 4 is 75.1 Å². The van der Waals surface area contributed by atoms with Crippen LogP contribution < -0.4 is 0 Å². The topological polar surface area (TPSA) is 48.5 Å². The molecule has 0 fully saturated rings. The van der Waals surface area contributed by atoms with Crippen molar-refractivity contribution in [1.29, 1.82) is 0 Å². The van der Waals surface area contributed by atoms with Gasteiger partial charge in [-0.15, -0.1) is 11.3 Å². The normalized spacial score (nSPS) is 11.9. The van der Waals surface area contributed by atoms with E-state index in [0.717, 1.165) is 56.1 Å². The van der Waals surface area contributed by atoms with Gasteiger partial charge in [-0.2, -0.15) is 9.97 Å². The third-order valence-electron chi connectivity index (χ3n) is 12.2. The molecular formula is C55H39N5S. The van der Waals surface area contributed by atoms with Crippen molar-refractivity contribution < 1.29 is 0 Å². The molecule has 61 heavy (non-hydrogen) atoms. The first-order chi connectivity index (χ1) is 30.2. The molecule has 0 spiro atoms. The molecule has 0 unspecified atom stereocenters. The molecule has 0 aliphatic rings. The molecule has 0 saturated carbocycles. The fourth-order valence-electron chi connectivity index (χ4n) is 9.29. The Morgan fingerprint density at radius 1 is 0.459 bits per heavy atom. The number of fused-ring (bicyclic) bond motifs is 10. The van der Waals surface area contributed by atoms with Crippen molar-refractivity contribution in [3.05, 3.63) is 188 Å². The van der Waals surface area contributed by atoms with Crippen molar-refractivity contribution in [2.45, 2.75) is 26.2 Å². The average Bonchev–Trinajstić information content (AvgIpc) is 3.99. The lowest BCUT2D eigenvalue weighted by molar-refractivity contribution is 0.796. The first-order valence-electron chi connectivity index (χ1n) is 21.1. The van der Waals surface area contributed by atoms with Crippen molar-refractivity contribution in [1.82, 2.24) is 24.1 Å². The largest absolute Gasteiger partial charge is 0.307 e. The zero-order chi connectivity index (χ0) is 40.4. The lowest BCUT2D eigenvalue weighted by Gasteiger charge is -2.14. The number of thiophene rings is 1. The predicted octanol–water partition coefficient (Wildman–Crippen LogP) is 14.8. The van der Waals surface area contributed by atoms with Gasteiger partial charge in [0.05, 0.1) is 22.1 Å². The maximum Gasteiger partial charge on any atom is 0.238 e. The van der Waals surface area contributed by atoms with E-state index in [2.05, 4.69) is 180 Å². The van der Waals surface area contributed by atoms with Crippen LogP contribution >= 0.6 is 11.3 Å². The average molecular weight is 802 g/mol. The van der Waals surface area contributed by atoms with Crippen LogP contribution in [0.5, 0.6) is 0 Å². The predicted molar refractivity (Wildman–Crippen MR) is 256 cm³/mol. The van der Waals surface area contributed by atoms with Gasteiger partial charge in [-0.1, -0.05) is 153 Å². The van der Waals surface area contributed by atoms with E-state index in [4.69, 9.17) is 15.0 Å². The zero-order valence-electron chi connectivity index (χ0n) is 33.6. The van der Waals surface area contributed by atoms with Crippen LogP contribution in [0.4, 0.5) is 0 Å². The highest BCUT2D eigenvalue weighted by molar-refractivity contribution is 7.26. The Morgan fingerprint density at radius 3 is 1.84 bits per heavy atom. The van der Waals surface area contributed by atoms with Gasteiger partial charge in [0.15, 0.2) is 11.6 Å². The van der Waals surface area contributed by atoms with Gasteiger partial charge in [-0.05, 0) is 72.0 Å². The summed E-state index contributed by atoms with van der Waals surface area (Å²) in [5.41, 5.74) is 11.1. The second-order valence-electron chi connectivity index (χ2n) is 15.8. The second kappa shape index (κ2) is 14.4. The summed E-state index contributed by atoms with van der Waals surface area (Å²) in [5.74, 6) is 1.87. The minimum atomic E-state index is 0.581. The van der Waals surface area contributed by atoms with Crippen LogP contribution in [0.3, 0.4) is 0 Å². The van der Waals surface area contributed by atoms with Gasteiger partial charge in [-0.25, -0.2) is 4.98 Å². The first-order valence-corrected chi connectivity index (χ1v) is 21.9. The molecule has 6 heteroatoms. The SMILES string of the molecule is CCCCc1ccc2sc3c(-c4nc(-c5ccccc5)nc(-n5c6ccccc6c6ccc7c8ccccc8n(-c8cccc(-c9ccccc9)c8)c7c65)n4)cccc3c2c1. The summed E-state index contributed by atoms with van der Waals surface area (Å²) in [6.07, 6.45) is 3.45. The number of aromatic nitrogens is 5. The van der Waals surface area contributed by atoms with Gasteiger partial charge in [-0.3, -0.25) is 4.57 Å². The fraction of sp³-hybridized carbons (Fsp3) is 0.0727. The Morgan fingerprint density at radius 2 is 1.08 bits per heavy atom. The van der Waals surface area contributed by atoms with E-state index in [1.807, 2.05) is 29.5 Å². The number of hydrogen-bond donors (Lipinski definition) is 0. The summed E-state index contributed by atoms with van der Waals surface area (Å²) in [6, 6.07) is 65.3. The number of para-hydroxylation sites is 2. The highest BCUT2D eigenvalue weighted by atomic mass is 32.1. The van der Waals surface area contributed by atoms with Crippen LogP contribution in [0.2, 0.25) is 0 Å². The molecular weight excluding hydrogens is 763 g/mol. The van der Waals surface area contributed by atoms with Gasteiger partial charge in [0.25, 0.3) is 0 Å². The lowest BCUT2D eigenvalue weighted by Crippen LogP contribution is -2.07. The Labute approximate surface area is 356 Å². The van der Waals surface area contributed by atoms with E-state index in [9.17, 15) is 0 Å². The molecule has 8 aromatic carbocycles. The van der Waals surface area contributed by atoms with Gasteiger partial charge >= 0.3 is 0 Å². The molecule has 4 heterocycles. The summed E-state index contributed by atoms with van der Waals surface area (Å²) >= 11 is 1.82. The van der Waals surface area contributed by atoms with Crippen LogP contribution in [-0.4, -0.2) is 24.1 Å². The third-order valence-corrected chi connectivity index (χ3v) is 13.4. The molecule has 0 aliphatic heterocycles. The Balaban J connectivity index is 1.17. The minimum absolute atomic E-state index is 0.581. The molecule has 0 bridgehead atoms. The van der Waals surface area contributed by atoms with Crippen molar-refractivity contribution in [3.8, 4) is 45.5 Å². The van der Waals surface area contributed by atoms with Crippen molar-refractivity contribution in [2.24, 2.45) is 0 Å². The number of hydrogen-bond acceptors (Lipinski definition) is 4. The van der Waals surface area contributed by atoms with Crippen LogP contribution in [0, 0.1) is 0 Å². The van der Waals surface area contributed by atoms with E-state index in [1.165, 1.54) is 60.5 Å². The smallest absolute Gasteiger partial charge is 0.238 e. The molecule has 0 aliphatic carbocycles. The Bertz CT molecular complexity index is 3630.